The zero-order valence-corrected chi connectivity index (χ0v) is 22.8. The maximum atomic E-state index is 5.54. The van der Waals surface area contributed by atoms with E-state index in [0.717, 1.165) is 45.4 Å². The van der Waals surface area contributed by atoms with Gasteiger partial charge in [-0.1, -0.05) is 19.9 Å². The monoisotopic (exact) mass is 515 g/mol. The minimum absolute atomic E-state index is 0.183. The van der Waals surface area contributed by atoms with Gasteiger partial charge in [0.15, 0.2) is 17.1 Å². The predicted octanol–water partition coefficient (Wildman–Crippen LogP) is 5.71. The van der Waals surface area contributed by atoms with Gasteiger partial charge in [0, 0.05) is 23.6 Å². The Morgan fingerprint density at radius 2 is 1.58 bits per heavy atom. The lowest BCUT2D eigenvalue weighted by molar-refractivity contribution is 0.324. The third-order valence-corrected chi connectivity index (χ3v) is 6.38. The Morgan fingerprint density at radius 3 is 2.21 bits per heavy atom. The van der Waals surface area contributed by atoms with Crippen LogP contribution in [-0.2, 0) is 6.42 Å². The van der Waals surface area contributed by atoms with E-state index >= 15 is 0 Å². The number of benzene rings is 2. The molecule has 1 N–H and O–H groups in total. The van der Waals surface area contributed by atoms with Gasteiger partial charge >= 0.3 is 0 Å². The van der Waals surface area contributed by atoms with Crippen molar-refractivity contribution in [2.75, 3.05) is 26.6 Å². The van der Waals surface area contributed by atoms with Gasteiger partial charge in [-0.05, 0) is 38.3 Å². The van der Waals surface area contributed by atoms with E-state index in [0.29, 0.717) is 29.1 Å². The molecule has 0 saturated heterocycles. The van der Waals surface area contributed by atoms with E-state index in [4.69, 9.17) is 24.2 Å². The SMILES string of the molecule is COc1cc(-n2ncc3c(Nc4nc(CC(C)C)c5cnn(C(C)C)c5n4)cccc32)cc(OC)c1OC. The highest BCUT2D eigenvalue weighted by Gasteiger charge is 2.19. The summed E-state index contributed by atoms with van der Waals surface area (Å²) in [6, 6.07) is 9.92. The Balaban J connectivity index is 1.59. The highest BCUT2D eigenvalue weighted by molar-refractivity contribution is 5.94. The number of nitrogens with one attached hydrogen (secondary N) is 1. The molecule has 2 aromatic carbocycles. The minimum atomic E-state index is 0.183. The molecule has 0 amide bonds. The van der Waals surface area contributed by atoms with E-state index in [1.54, 1.807) is 21.3 Å². The molecule has 0 bridgehead atoms. The largest absolute Gasteiger partial charge is 0.493 e. The Bertz CT molecular complexity index is 1580. The zero-order valence-electron chi connectivity index (χ0n) is 22.8. The van der Waals surface area contributed by atoms with Crippen LogP contribution in [0.3, 0.4) is 0 Å². The molecule has 3 heterocycles. The van der Waals surface area contributed by atoms with Crippen molar-refractivity contribution in [1.29, 1.82) is 0 Å². The van der Waals surface area contributed by atoms with Gasteiger partial charge in [0.25, 0.3) is 0 Å². The number of hydrogen-bond donors (Lipinski definition) is 1. The summed E-state index contributed by atoms with van der Waals surface area (Å²) in [5.41, 5.74) is 4.35. The Morgan fingerprint density at radius 1 is 0.868 bits per heavy atom. The van der Waals surface area contributed by atoms with Gasteiger partial charge in [0.2, 0.25) is 11.7 Å². The van der Waals surface area contributed by atoms with Crippen LogP contribution in [0, 0.1) is 5.92 Å². The van der Waals surface area contributed by atoms with Crippen LogP contribution in [0.1, 0.15) is 39.4 Å². The molecule has 0 unspecified atom stereocenters. The minimum Gasteiger partial charge on any atom is -0.493 e. The number of hydrogen-bond acceptors (Lipinski definition) is 8. The first-order valence-corrected chi connectivity index (χ1v) is 12.6. The first-order valence-electron chi connectivity index (χ1n) is 12.6. The summed E-state index contributed by atoms with van der Waals surface area (Å²) >= 11 is 0. The number of anilines is 2. The predicted molar refractivity (Wildman–Crippen MR) is 148 cm³/mol. The number of rotatable bonds is 9. The van der Waals surface area contributed by atoms with E-state index in [-0.39, 0.29) is 6.04 Å². The van der Waals surface area contributed by atoms with Crippen molar-refractivity contribution in [3.63, 3.8) is 0 Å². The van der Waals surface area contributed by atoms with Crippen molar-refractivity contribution in [1.82, 2.24) is 29.5 Å². The number of aromatic nitrogens is 6. The smallest absolute Gasteiger partial charge is 0.229 e. The molecule has 0 atom stereocenters. The Hall–Kier alpha value is -4.34. The molecule has 0 aliphatic heterocycles. The molecule has 5 aromatic rings. The standard InChI is InChI=1S/C28H33N7O3/c1-16(2)11-22-20-15-29-34(17(3)4)27(20)33-28(32-22)31-21-9-8-10-23-19(21)14-30-35(23)18-12-24(36-5)26(38-7)25(13-18)37-6/h8-10,12-17H,11H2,1-7H3,(H,31,32,33). The summed E-state index contributed by atoms with van der Waals surface area (Å²) in [6.07, 6.45) is 4.53. The maximum absolute atomic E-state index is 5.54. The number of methoxy groups -OCH3 is 3. The van der Waals surface area contributed by atoms with E-state index in [2.05, 4.69) is 43.2 Å². The summed E-state index contributed by atoms with van der Waals surface area (Å²) in [5.74, 6) is 2.62. The van der Waals surface area contributed by atoms with Gasteiger partial charge in [0.05, 0.1) is 61.7 Å². The molecule has 38 heavy (non-hydrogen) atoms. The van der Waals surface area contributed by atoms with Crippen LogP contribution in [-0.4, -0.2) is 50.9 Å². The topological polar surface area (TPSA) is 101 Å². The van der Waals surface area contributed by atoms with E-state index in [1.165, 1.54) is 0 Å². The van der Waals surface area contributed by atoms with E-state index < -0.39 is 0 Å². The fourth-order valence-corrected chi connectivity index (χ4v) is 4.64. The van der Waals surface area contributed by atoms with Crippen LogP contribution in [0.5, 0.6) is 17.2 Å². The Labute approximate surface area is 221 Å². The van der Waals surface area contributed by atoms with Crippen LogP contribution in [0.2, 0.25) is 0 Å². The van der Waals surface area contributed by atoms with Crippen molar-refractivity contribution >= 4 is 33.6 Å². The molecule has 0 radical (unpaired) electrons. The first-order chi connectivity index (χ1) is 18.3. The molecule has 0 aliphatic rings. The van der Waals surface area contributed by atoms with Gasteiger partial charge in [-0.2, -0.15) is 15.2 Å². The summed E-state index contributed by atoms with van der Waals surface area (Å²) in [5, 5.41) is 14.6. The van der Waals surface area contributed by atoms with Crippen molar-refractivity contribution in [3.8, 4) is 22.9 Å². The third kappa shape index (κ3) is 4.46. The lowest BCUT2D eigenvalue weighted by atomic mass is 10.1. The molecular weight excluding hydrogens is 482 g/mol. The average Bonchev–Trinajstić information content (AvgIpc) is 3.53. The molecule has 10 nitrogen and oxygen atoms in total. The second-order valence-corrected chi connectivity index (χ2v) is 9.82. The van der Waals surface area contributed by atoms with Crippen LogP contribution in [0.25, 0.3) is 27.6 Å². The summed E-state index contributed by atoms with van der Waals surface area (Å²) < 4.78 is 20.3. The highest BCUT2D eigenvalue weighted by atomic mass is 16.5. The van der Waals surface area contributed by atoms with E-state index in [1.807, 2.05) is 52.1 Å². The number of fused-ring (bicyclic) bond motifs is 2. The van der Waals surface area contributed by atoms with Crippen LogP contribution >= 0.6 is 0 Å². The van der Waals surface area contributed by atoms with Gasteiger partial charge in [0.1, 0.15) is 0 Å². The molecule has 10 heteroatoms. The third-order valence-electron chi connectivity index (χ3n) is 6.38. The second kappa shape index (κ2) is 10.2. The number of ether oxygens (including phenoxy) is 3. The molecule has 0 fully saturated rings. The van der Waals surface area contributed by atoms with Gasteiger partial charge in [-0.15, -0.1) is 0 Å². The lowest BCUT2D eigenvalue weighted by Gasteiger charge is -2.15. The van der Waals surface area contributed by atoms with Crippen molar-refractivity contribution in [2.45, 2.75) is 40.2 Å². The zero-order chi connectivity index (χ0) is 27.0. The fourth-order valence-electron chi connectivity index (χ4n) is 4.64. The van der Waals surface area contributed by atoms with Crippen molar-refractivity contribution in [2.24, 2.45) is 5.92 Å². The van der Waals surface area contributed by atoms with Crippen LogP contribution < -0.4 is 19.5 Å². The normalized spacial score (nSPS) is 11.6. The lowest BCUT2D eigenvalue weighted by Crippen LogP contribution is -2.08. The molecule has 0 saturated carbocycles. The van der Waals surface area contributed by atoms with Gasteiger partial charge in [-0.25, -0.2) is 14.3 Å². The average molecular weight is 516 g/mol. The highest BCUT2D eigenvalue weighted by Crippen LogP contribution is 2.40. The van der Waals surface area contributed by atoms with Gasteiger partial charge in [-0.3, -0.25) is 0 Å². The fraction of sp³-hybridized carbons (Fsp3) is 0.357. The number of nitrogens with zero attached hydrogens (tertiary/aromatic N) is 6. The molecule has 0 spiro atoms. The van der Waals surface area contributed by atoms with E-state index in [9.17, 15) is 0 Å². The summed E-state index contributed by atoms with van der Waals surface area (Å²) in [4.78, 5) is 9.76. The van der Waals surface area contributed by atoms with Gasteiger partial charge < -0.3 is 19.5 Å². The molecule has 0 aliphatic carbocycles. The summed E-state index contributed by atoms with van der Waals surface area (Å²) in [7, 11) is 4.78. The maximum Gasteiger partial charge on any atom is 0.229 e. The van der Waals surface area contributed by atoms with Crippen LogP contribution in [0.15, 0.2) is 42.7 Å². The van der Waals surface area contributed by atoms with Crippen LogP contribution in [0.4, 0.5) is 11.6 Å². The molecule has 3 aromatic heterocycles. The second-order valence-electron chi connectivity index (χ2n) is 9.82. The molecule has 5 rings (SSSR count). The summed E-state index contributed by atoms with van der Waals surface area (Å²) in [6.45, 7) is 8.57. The molecule has 198 valence electrons. The quantitative estimate of drug-likeness (QED) is 0.266. The first kappa shape index (κ1) is 25.3. The Kier molecular flexibility index (Phi) is 6.79. The molecular formula is C28H33N7O3. The van der Waals surface area contributed by atoms with Crippen molar-refractivity contribution < 1.29 is 14.2 Å². The van der Waals surface area contributed by atoms with Crippen molar-refractivity contribution in [3.05, 3.63) is 48.4 Å².